The van der Waals surface area contributed by atoms with E-state index in [0.29, 0.717) is 21.7 Å². The molecule has 0 aliphatic carbocycles. The van der Waals surface area contributed by atoms with Crippen LogP contribution in [0.5, 0.6) is 0 Å². The molecule has 4 nitrogen and oxygen atoms in total. The van der Waals surface area contributed by atoms with Crippen LogP contribution in [0, 0.1) is 26.6 Å². The molecule has 0 saturated heterocycles. The topological polar surface area (TPSA) is 58.6 Å². The Morgan fingerprint density at radius 1 is 1.00 bits per heavy atom. The van der Waals surface area contributed by atoms with Crippen molar-refractivity contribution >= 4 is 21.6 Å². The molecule has 0 spiro atoms. The van der Waals surface area contributed by atoms with Crippen LogP contribution in [0.1, 0.15) is 16.1 Å². The van der Waals surface area contributed by atoms with Crippen molar-refractivity contribution < 1.29 is 4.39 Å². The largest absolute Gasteiger partial charge is 0.305 e. The van der Waals surface area contributed by atoms with E-state index in [9.17, 15) is 9.18 Å². The molecule has 0 saturated carbocycles. The zero-order chi connectivity index (χ0) is 18.4. The van der Waals surface area contributed by atoms with Gasteiger partial charge in [-0.05, 0) is 50.1 Å². The molecule has 0 aliphatic rings. The number of nitrogens with one attached hydrogen (secondary N) is 1. The number of pyridine rings is 1. The first-order valence-electron chi connectivity index (χ1n) is 8.18. The molecule has 3 heterocycles. The van der Waals surface area contributed by atoms with Crippen LogP contribution in [0.3, 0.4) is 0 Å². The lowest BCUT2D eigenvalue weighted by molar-refractivity contribution is 0.628. The molecule has 0 atom stereocenters. The van der Waals surface area contributed by atoms with Crippen molar-refractivity contribution in [3.05, 3.63) is 68.7 Å². The summed E-state index contributed by atoms with van der Waals surface area (Å²) in [5.74, 6) is 0.151. The van der Waals surface area contributed by atoms with Gasteiger partial charge in [-0.1, -0.05) is 18.2 Å². The van der Waals surface area contributed by atoms with Gasteiger partial charge < -0.3 is 4.98 Å². The van der Waals surface area contributed by atoms with Gasteiger partial charge in [-0.3, -0.25) is 4.79 Å². The number of benzene rings is 1. The van der Waals surface area contributed by atoms with E-state index >= 15 is 0 Å². The Morgan fingerprint density at radius 2 is 1.73 bits per heavy atom. The number of H-pyrrole nitrogens is 1. The minimum Gasteiger partial charge on any atom is -0.305 e. The zero-order valence-corrected chi connectivity index (χ0v) is 15.4. The molecule has 4 rings (SSSR count). The number of aryl methyl sites for hydroxylation is 3. The SMILES string of the molecule is Cc1ccc(-c2nc3sc(C)c(-c4ccc(F)cc4)c3c(=O)[nH]2)nc1C. The molecule has 0 radical (unpaired) electrons. The predicted molar refractivity (Wildman–Crippen MR) is 103 cm³/mol. The first kappa shape index (κ1) is 16.6. The molecule has 0 aliphatic heterocycles. The number of halogens is 1. The Bertz CT molecular complexity index is 1190. The second-order valence-electron chi connectivity index (χ2n) is 6.23. The summed E-state index contributed by atoms with van der Waals surface area (Å²) in [6, 6.07) is 9.98. The van der Waals surface area contributed by atoms with Crippen LogP contribution < -0.4 is 5.56 Å². The number of hydrogen-bond acceptors (Lipinski definition) is 4. The second-order valence-corrected chi connectivity index (χ2v) is 7.44. The third-order valence-electron chi connectivity index (χ3n) is 4.46. The van der Waals surface area contributed by atoms with Crippen molar-refractivity contribution in [2.24, 2.45) is 0 Å². The molecule has 4 aromatic rings. The summed E-state index contributed by atoms with van der Waals surface area (Å²) in [4.78, 5) is 26.4. The number of aromatic nitrogens is 3. The van der Waals surface area contributed by atoms with Crippen molar-refractivity contribution in [1.29, 1.82) is 0 Å². The van der Waals surface area contributed by atoms with Crippen molar-refractivity contribution in [2.45, 2.75) is 20.8 Å². The van der Waals surface area contributed by atoms with Crippen LogP contribution in [-0.4, -0.2) is 15.0 Å². The third kappa shape index (κ3) is 2.72. The Labute approximate surface area is 153 Å². The lowest BCUT2D eigenvalue weighted by Gasteiger charge is -2.05. The van der Waals surface area contributed by atoms with E-state index in [4.69, 9.17) is 0 Å². The monoisotopic (exact) mass is 365 g/mol. The summed E-state index contributed by atoms with van der Waals surface area (Å²) in [7, 11) is 0. The fourth-order valence-electron chi connectivity index (χ4n) is 2.97. The Kier molecular flexibility index (Phi) is 3.92. The second kappa shape index (κ2) is 6.14. The fraction of sp³-hybridized carbons (Fsp3) is 0.150. The van der Waals surface area contributed by atoms with Crippen molar-refractivity contribution in [1.82, 2.24) is 15.0 Å². The third-order valence-corrected chi connectivity index (χ3v) is 5.46. The molecule has 0 fully saturated rings. The van der Waals surface area contributed by atoms with E-state index in [-0.39, 0.29) is 11.4 Å². The average Bonchev–Trinajstić information content (AvgIpc) is 2.94. The number of hydrogen-bond donors (Lipinski definition) is 1. The molecule has 26 heavy (non-hydrogen) atoms. The molecule has 3 aromatic heterocycles. The van der Waals surface area contributed by atoms with Gasteiger partial charge in [-0.2, -0.15) is 0 Å². The highest BCUT2D eigenvalue weighted by Crippen LogP contribution is 2.36. The van der Waals surface area contributed by atoms with Gasteiger partial charge in [-0.15, -0.1) is 11.3 Å². The minimum absolute atomic E-state index is 0.214. The Hall–Kier alpha value is -2.86. The van der Waals surface area contributed by atoms with E-state index in [1.165, 1.54) is 23.5 Å². The summed E-state index contributed by atoms with van der Waals surface area (Å²) in [6.07, 6.45) is 0. The molecule has 6 heteroatoms. The van der Waals surface area contributed by atoms with Crippen LogP contribution in [0.4, 0.5) is 4.39 Å². The van der Waals surface area contributed by atoms with Gasteiger partial charge in [0.15, 0.2) is 5.82 Å². The fourth-order valence-corrected chi connectivity index (χ4v) is 4.01. The number of thiophene rings is 1. The highest BCUT2D eigenvalue weighted by atomic mass is 32.1. The highest BCUT2D eigenvalue weighted by molar-refractivity contribution is 7.19. The van der Waals surface area contributed by atoms with Crippen LogP contribution in [0.15, 0.2) is 41.2 Å². The van der Waals surface area contributed by atoms with E-state index in [1.54, 1.807) is 12.1 Å². The maximum Gasteiger partial charge on any atom is 0.260 e. The van der Waals surface area contributed by atoms with E-state index < -0.39 is 0 Å². The van der Waals surface area contributed by atoms with Crippen LogP contribution in [-0.2, 0) is 0 Å². The van der Waals surface area contributed by atoms with Gasteiger partial charge in [0.1, 0.15) is 16.3 Å². The van der Waals surface area contributed by atoms with Gasteiger partial charge in [-0.25, -0.2) is 14.4 Å². The van der Waals surface area contributed by atoms with Crippen molar-refractivity contribution in [3.8, 4) is 22.6 Å². The summed E-state index contributed by atoms with van der Waals surface area (Å²) >= 11 is 1.46. The predicted octanol–water partition coefficient (Wildman–Crippen LogP) is 4.78. The lowest BCUT2D eigenvalue weighted by Crippen LogP contribution is -2.10. The van der Waals surface area contributed by atoms with E-state index in [2.05, 4.69) is 15.0 Å². The number of aromatic amines is 1. The molecule has 0 unspecified atom stereocenters. The summed E-state index contributed by atoms with van der Waals surface area (Å²) in [6.45, 7) is 5.86. The number of rotatable bonds is 2. The molecular weight excluding hydrogens is 349 g/mol. The van der Waals surface area contributed by atoms with Gasteiger partial charge in [0.25, 0.3) is 5.56 Å². The molecular formula is C20H16FN3OS. The molecule has 0 bridgehead atoms. The van der Waals surface area contributed by atoms with Gasteiger partial charge in [0.05, 0.1) is 5.39 Å². The van der Waals surface area contributed by atoms with Gasteiger partial charge in [0, 0.05) is 16.1 Å². The highest BCUT2D eigenvalue weighted by Gasteiger charge is 2.17. The standard InChI is InChI=1S/C20H16FN3OS/c1-10-4-9-15(22-11(10)2)18-23-19(25)17-16(12(3)26-20(17)24-18)13-5-7-14(21)8-6-13/h4-9H,1-3H3,(H,23,24,25). The van der Waals surface area contributed by atoms with Crippen LogP contribution in [0.2, 0.25) is 0 Å². The van der Waals surface area contributed by atoms with Crippen LogP contribution >= 0.6 is 11.3 Å². The van der Waals surface area contributed by atoms with Crippen LogP contribution in [0.25, 0.3) is 32.9 Å². The molecule has 1 N–H and O–H groups in total. The molecule has 1 aromatic carbocycles. The smallest absolute Gasteiger partial charge is 0.260 e. The number of nitrogens with zero attached hydrogens (tertiary/aromatic N) is 2. The lowest BCUT2D eigenvalue weighted by atomic mass is 10.0. The normalized spacial score (nSPS) is 11.2. The van der Waals surface area contributed by atoms with Gasteiger partial charge >= 0.3 is 0 Å². The quantitative estimate of drug-likeness (QED) is 0.556. The summed E-state index contributed by atoms with van der Waals surface area (Å²) in [5, 5.41) is 0.534. The summed E-state index contributed by atoms with van der Waals surface area (Å²) in [5.41, 5.74) is 4.02. The molecule has 130 valence electrons. The molecule has 0 amide bonds. The minimum atomic E-state index is -0.305. The summed E-state index contributed by atoms with van der Waals surface area (Å²) < 4.78 is 13.2. The Balaban J connectivity index is 1.93. The van der Waals surface area contributed by atoms with Gasteiger partial charge in [0.2, 0.25) is 0 Å². The average molecular weight is 365 g/mol. The number of fused-ring (bicyclic) bond motifs is 1. The van der Waals surface area contributed by atoms with Crippen molar-refractivity contribution in [2.75, 3.05) is 0 Å². The first-order chi connectivity index (χ1) is 12.4. The van der Waals surface area contributed by atoms with E-state index in [0.717, 1.165) is 27.3 Å². The zero-order valence-electron chi connectivity index (χ0n) is 14.6. The maximum absolute atomic E-state index is 13.2. The maximum atomic E-state index is 13.2. The van der Waals surface area contributed by atoms with Crippen molar-refractivity contribution in [3.63, 3.8) is 0 Å². The Morgan fingerprint density at radius 3 is 2.42 bits per heavy atom. The van der Waals surface area contributed by atoms with E-state index in [1.807, 2.05) is 32.9 Å². The first-order valence-corrected chi connectivity index (χ1v) is 8.99.